The molecule has 0 aromatic heterocycles. The Hall–Kier alpha value is -2.33. The van der Waals surface area contributed by atoms with Gasteiger partial charge in [0.15, 0.2) is 0 Å². The predicted octanol–water partition coefficient (Wildman–Crippen LogP) is 4.55. The fraction of sp³-hybridized carbons (Fsp3) is 0.435. The zero-order valence-electron chi connectivity index (χ0n) is 15.6. The maximum atomic E-state index is 13.0. The van der Waals surface area contributed by atoms with Crippen molar-refractivity contribution in [2.45, 2.75) is 37.8 Å². The van der Waals surface area contributed by atoms with E-state index >= 15 is 0 Å². The second-order valence-corrected chi connectivity index (χ2v) is 8.07. The summed E-state index contributed by atoms with van der Waals surface area (Å²) in [6, 6.07) is 18.9. The Kier molecular flexibility index (Phi) is 4.36. The van der Waals surface area contributed by atoms with Gasteiger partial charge in [0.1, 0.15) is 6.10 Å². The standard InChI is InChI=1S/C23H26N2O2/c26-23(27-22-16-24-14-12-19(22)13-15-24)25(21-10-11-21)20-8-6-18(7-9-20)17-4-2-1-3-5-17/h1-9,19,21-22H,10-16H2. The lowest BCUT2D eigenvalue weighted by Crippen LogP contribution is -2.53. The summed E-state index contributed by atoms with van der Waals surface area (Å²) in [5.41, 5.74) is 3.31. The number of amides is 1. The van der Waals surface area contributed by atoms with Gasteiger partial charge in [0.25, 0.3) is 0 Å². The molecule has 3 saturated heterocycles. The third-order valence-corrected chi connectivity index (χ3v) is 6.21. The number of hydrogen-bond acceptors (Lipinski definition) is 3. The van der Waals surface area contributed by atoms with Gasteiger partial charge in [-0.25, -0.2) is 4.79 Å². The van der Waals surface area contributed by atoms with Gasteiger partial charge in [0.2, 0.25) is 0 Å². The average molecular weight is 362 g/mol. The van der Waals surface area contributed by atoms with Crippen LogP contribution in [-0.2, 0) is 4.74 Å². The molecule has 4 aliphatic rings. The van der Waals surface area contributed by atoms with E-state index in [0.29, 0.717) is 12.0 Å². The average Bonchev–Trinajstić information content (AvgIpc) is 3.55. The van der Waals surface area contributed by atoms with E-state index in [4.69, 9.17) is 4.74 Å². The Morgan fingerprint density at radius 3 is 2.15 bits per heavy atom. The summed E-state index contributed by atoms with van der Waals surface area (Å²) < 4.78 is 6.00. The normalized spacial score (nSPS) is 26.6. The first-order chi connectivity index (χ1) is 13.3. The summed E-state index contributed by atoms with van der Waals surface area (Å²) in [4.78, 5) is 17.3. The zero-order chi connectivity index (χ0) is 18.2. The first-order valence-corrected chi connectivity index (χ1v) is 10.2. The molecule has 4 fully saturated rings. The molecule has 2 bridgehead atoms. The van der Waals surface area contributed by atoms with Crippen molar-refractivity contribution in [1.82, 2.24) is 4.90 Å². The molecule has 1 amide bonds. The van der Waals surface area contributed by atoms with Crippen LogP contribution in [0, 0.1) is 5.92 Å². The molecule has 0 radical (unpaired) electrons. The van der Waals surface area contributed by atoms with Gasteiger partial charge < -0.3 is 4.74 Å². The Bertz CT molecular complexity index is 793. The number of nitrogens with zero attached hydrogens (tertiary/aromatic N) is 2. The number of anilines is 1. The van der Waals surface area contributed by atoms with Crippen LogP contribution >= 0.6 is 0 Å². The number of ether oxygens (including phenoxy) is 1. The molecular weight excluding hydrogens is 336 g/mol. The smallest absolute Gasteiger partial charge is 0.414 e. The quantitative estimate of drug-likeness (QED) is 0.800. The predicted molar refractivity (Wildman–Crippen MR) is 107 cm³/mol. The highest BCUT2D eigenvalue weighted by atomic mass is 16.6. The van der Waals surface area contributed by atoms with Crippen LogP contribution in [0.25, 0.3) is 11.1 Å². The van der Waals surface area contributed by atoms with Crippen LogP contribution in [-0.4, -0.2) is 42.8 Å². The molecule has 1 atom stereocenters. The van der Waals surface area contributed by atoms with Gasteiger partial charge >= 0.3 is 6.09 Å². The lowest BCUT2D eigenvalue weighted by atomic mass is 9.86. The number of rotatable bonds is 4. The number of carbonyl (C=O) groups excluding carboxylic acids is 1. The van der Waals surface area contributed by atoms with E-state index < -0.39 is 0 Å². The van der Waals surface area contributed by atoms with Crippen molar-refractivity contribution in [1.29, 1.82) is 0 Å². The molecule has 27 heavy (non-hydrogen) atoms. The molecule has 6 rings (SSSR count). The summed E-state index contributed by atoms with van der Waals surface area (Å²) in [6.07, 6.45) is 4.35. The van der Waals surface area contributed by atoms with E-state index in [9.17, 15) is 4.79 Å². The highest BCUT2D eigenvalue weighted by Crippen LogP contribution is 2.35. The largest absolute Gasteiger partial charge is 0.444 e. The summed E-state index contributed by atoms with van der Waals surface area (Å²) in [5.74, 6) is 0.542. The monoisotopic (exact) mass is 362 g/mol. The van der Waals surface area contributed by atoms with Gasteiger partial charge in [-0.2, -0.15) is 0 Å². The maximum absolute atomic E-state index is 13.0. The highest BCUT2D eigenvalue weighted by molar-refractivity contribution is 5.89. The molecule has 140 valence electrons. The highest BCUT2D eigenvalue weighted by Gasteiger charge is 2.40. The lowest BCUT2D eigenvalue weighted by Gasteiger charge is -2.44. The molecule has 0 N–H and O–H groups in total. The molecule has 1 unspecified atom stereocenters. The number of hydrogen-bond donors (Lipinski definition) is 0. The molecule has 1 saturated carbocycles. The first-order valence-electron chi connectivity index (χ1n) is 10.2. The molecule has 3 aliphatic heterocycles. The van der Waals surface area contributed by atoms with Gasteiger partial charge in [0.05, 0.1) is 0 Å². The number of fused-ring (bicyclic) bond motifs is 3. The molecule has 2 aromatic carbocycles. The molecule has 1 aliphatic carbocycles. The van der Waals surface area contributed by atoms with Crippen LogP contribution in [0.5, 0.6) is 0 Å². The molecule has 2 aromatic rings. The molecule has 0 spiro atoms. The minimum absolute atomic E-state index is 0.0600. The van der Waals surface area contributed by atoms with E-state index in [0.717, 1.165) is 51.0 Å². The second kappa shape index (κ2) is 7.01. The Morgan fingerprint density at radius 1 is 0.889 bits per heavy atom. The lowest BCUT2D eigenvalue weighted by molar-refractivity contribution is -0.0311. The topological polar surface area (TPSA) is 32.8 Å². The van der Waals surface area contributed by atoms with Crippen molar-refractivity contribution in [2.24, 2.45) is 5.92 Å². The van der Waals surface area contributed by atoms with E-state index in [1.165, 1.54) is 11.1 Å². The summed E-state index contributed by atoms with van der Waals surface area (Å²) in [5, 5.41) is 0. The Morgan fingerprint density at radius 2 is 1.56 bits per heavy atom. The zero-order valence-corrected chi connectivity index (χ0v) is 15.6. The van der Waals surface area contributed by atoms with E-state index in [2.05, 4.69) is 41.3 Å². The SMILES string of the molecule is O=C(OC1CN2CCC1CC2)N(c1ccc(-c2ccccc2)cc1)C1CC1. The van der Waals surface area contributed by atoms with Crippen molar-refractivity contribution in [2.75, 3.05) is 24.5 Å². The van der Waals surface area contributed by atoms with Crippen LogP contribution in [0.4, 0.5) is 10.5 Å². The molecule has 4 nitrogen and oxygen atoms in total. The van der Waals surface area contributed by atoms with E-state index in [1.54, 1.807) is 0 Å². The van der Waals surface area contributed by atoms with Crippen LogP contribution in [0.3, 0.4) is 0 Å². The minimum atomic E-state index is -0.163. The minimum Gasteiger partial charge on any atom is -0.444 e. The van der Waals surface area contributed by atoms with E-state index in [1.807, 2.05) is 23.1 Å². The van der Waals surface area contributed by atoms with Crippen molar-refractivity contribution < 1.29 is 9.53 Å². The van der Waals surface area contributed by atoms with Gasteiger partial charge in [0, 0.05) is 18.3 Å². The first kappa shape index (κ1) is 16.8. The van der Waals surface area contributed by atoms with E-state index in [-0.39, 0.29) is 12.2 Å². The fourth-order valence-corrected chi connectivity index (χ4v) is 4.47. The number of piperidine rings is 3. The van der Waals surface area contributed by atoms with Crippen LogP contribution < -0.4 is 4.90 Å². The van der Waals surface area contributed by atoms with Gasteiger partial charge in [-0.3, -0.25) is 9.80 Å². The number of benzene rings is 2. The van der Waals surface area contributed by atoms with Gasteiger partial charge in [-0.15, -0.1) is 0 Å². The van der Waals surface area contributed by atoms with Crippen molar-refractivity contribution in [3.63, 3.8) is 0 Å². The molecule has 4 heteroatoms. The molecular formula is C23H26N2O2. The summed E-state index contributed by atoms with van der Waals surface area (Å²) in [6.45, 7) is 3.22. The van der Waals surface area contributed by atoms with Crippen LogP contribution in [0.1, 0.15) is 25.7 Å². The van der Waals surface area contributed by atoms with Crippen molar-refractivity contribution >= 4 is 11.8 Å². The van der Waals surface area contributed by atoms with Crippen molar-refractivity contribution in [3.05, 3.63) is 54.6 Å². The Balaban J connectivity index is 1.32. The van der Waals surface area contributed by atoms with Crippen LogP contribution in [0.2, 0.25) is 0 Å². The van der Waals surface area contributed by atoms with Gasteiger partial charge in [-0.1, -0.05) is 42.5 Å². The summed E-state index contributed by atoms with van der Waals surface area (Å²) >= 11 is 0. The third kappa shape index (κ3) is 3.46. The second-order valence-electron chi connectivity index (χ2n) is 8.07. The number of carbonyl (C=O) groups is 1. The third-order valence-electron chi connectivity index (χ3n) is 6.21. The van der Waals surface area contributed by atoms with Crippen molar-refractivity contribution in [3.8, 4) is 11.1 Å². The molecule has 3 heterocycles. The Labute approximate surface area is 160 Å². The van der Waals surface area contributed by atoms with Gasteiger partial charge in [-0.05, 0) is 68.0 Å². The van der Waals surface area contributed by atoms with Crippen LogP contribution in [0.15, 0.2) is 54.6 Å². The maximum Gasteiger partial charge on any atom is 0.414 e. The fourth-order valence-electron chi connectivity index (χ4n) is 4.47. The summed E-state index contributed by atoms with van der Waals surface area (Å²) in [7, 11) is 0.